The van der Waals surface area contributed by atoms with Gasteiger partial charge < -0.3 is 9.30 Å². The third-order valence-corrected chi connectivity index (χ3v) is 4.07. The summed E-state index contributed by atoms with van der Waals surface area (Å²) in [5, 5.41) is 0.791. The number of aromatic nitrogens is 1. The van der Waals surface area contributed by atoms with E-state index in [1.807, 2.05) is 53.3 Å². The maximum Gasteiger partial charge on any atom is 0.271 e. The first kappa shape index (κ1) is 16.7. The number of amides is 1. The number of hydrogen-bond donors (Lipinski definition) is 2. The predicted octanol–water partition coefficient (Wildman–Crippen LogP) is 2.51. The molecule has 0 aliphatic carbocycles. The molecule has 1 heterocycles. The summed E-state index contributed by atoms with van der Waals surface area (Å²) in [5.74, 6) is 5.11. The summed E-state index contributed by atoms with van der Waals surface area (Å²) in [4.78, 5) is 23.5. The van der Waals surface area contributed by atoms with Gasteiger partial charge in [0.1, 0.15) is 5.75 Å². The van der Waals surface area contributed by atoms with E-state index in [2.05, 4.69) is 0 Å². The van der Waals surface area contributed by atoms with Gasteiger partial charge in [-0.1, -0.05) is 18.2 Å². The van der Waals surface area contributed by atoms with Crippen LogP contribution in [0.3, 0.4) is 0 Å². The Balaban J connectivity index is 2.15. The highest BCUT2D eigenvalue weighted by Crippen LogP contribution is 2.32. The normalized spacial score (nSPS) is 10.7. The second-order valence-electron chi connectivity index (χ2n) is 5.72. The van der Waals surface area contributed by atoms with Gasteiger partial charge in [-0.3, -0.25) is 15.0 Å². The number of carbonyl (C=O) groups excluding carboxylic acids is 2. The van der Waals surface area contributed by atoms with Gasteiger partial charge in [0.15, 0.2) is 12.4 Å². The Morgan fingerprint density at radius 2 is 1.88 bits per heavy atom. The zero-order valence-corrected chi connectivity index (χ0v) is 14.1. The van der Waals surface area contributed by atoms with Crippen molar-refractivity contribution < 1.29 is 14.3 Å². The summed E-state index contributed by atoms with van der Waals surface area (Å²) < 4.78 is 7.49. The number of carbonyl (C=O) groups is 2. The first-order valence-electron chi connectivity index (χ1n) is 7.86. The Kier molecular flexibility index (Phi) is 4.54. The van der Waals surface area contributed by atoms with Crippen molar-refractivity contribution >= 4 is 22.6 Å². The number of nitrogens with one attached hydrogen (secondary N) is 1. The van der Waals surface area contributed by atoms with Crippen LogP contribution in [0.1, 0.15) is 23.0 Å². The SMILES string of the molecule is CC(=O)c1c(C)n(-c2ccccc2)c2ccc(OCC(=O)NN)cc12. The Hall–Kier alpha value is -3.12. The maximum absolute atomic E-state index is 12.2. The van der Waals surface area contributed by atoms with Gasteiger partial charge in [-0.05, 0) is 44.2 Å². The van der Waals surface area contributed by atoms with E-state index >= 15 is 0 Å². The van der Waals surface area contributed by atoms with E-state index < -0.39 is 5.91 Å². The van der Waals surface area contributed by atoms with Crippen LogP contribution in [0.2, 0.25) is 0 Å². The van der Waals surface area contributed by atoms with Crippen molar-refractivity contribution in [1.29, 1.82) is 0 Å². The molecule has 25 heavy (non-hydrogen) atoms. The van der Waals surface area contributed by atoms with Crippen LogP contribution in [-0.2, 0) is 4.79 Å². The number of para-hydroxylation sites is 1. The molecule has 2 aromatic carbocycles. The van der Waals surface area contributed by atoms with Gasteiger partial charge in [-0.15, -0.1) is 0 Å². The fraction of sp³-hybridized carbons (Fsp3) is 0.158. The van der Waals surface area contributed by atoms with Crippen molar-refractivity contribution in [1.82, 2.24) is 9.99 Å². The number of hydrogen-bond acceptors (Lipinski definition) is 4. The fourth-order valence-electron chi connectivity index (χ4n) is 3.03. The molecule has 128 valence electrons. The zero-order chi connectivity index (χ0) is 18.0. The molecule has 0 aliphatic rings. The zero-order valence-electron chi connectivity index (χ0n) is 14.1. The van der Waals surface area contributed by atoms with Crippen molar-refractivity contribution in [3.05, 3.63) is 59.8 Å². The molecule has 3 aromatic rings. The maximum atomic E-state index is 12.2. The molecule has 0 spiro atoms. The number of ether oxygens (including phenoxy) is 1. The molecule has 6 nitrogen and oxygen atoms in total. The van der Waals surface area contributed by atoms with Crippen LogP contribution in [0.5, 0.6) is 5.75 Å². The molecular weight excluding hydrogens is 318 g/mol. The monoisotopic (exact) mass is 337 g/mol. The van der Waals surface area contributed by atoms with Crippen molar-refractivity contribution in [2.45, 2.75) is 13.8 Å². The molecule has 3 rings (SSSR count). The first-order valence-corrected chi connectivity index (χ1v) is 7.86. The molecule has 0 saturated carbocycles. The van der Waals surface area contributed by atoms with Gasteiger partial charge in [0.25, 0.3) is 5.91 Å². The highest BCUT2D eigenvalue weighted by molar-refractivity contribution is 6.09. The van der Waals surface area contributed by atoms with Gasteiger partial charge >= 0.3 is 0 Å². The number of hydrazine groups is 1. The average Bonchev–Trinajstić information content (AvgIpc) is 2.91. The smallest absolute Gasteiger partial charge is 0.271 e. The number of ketones is 1. The lowest BCUT2D eigenvalue weighted by molar-refractivity contribution is -0.123. The van der Waals surface area contributed by atoms with Crippen LogP contribution in [0, 0.1) is 6.92 Å². The van der Waals surface area contributed by atoms with Gasteiger partial charge in [-0.2, -0.15) is 0 Å². The molecule has 6 heteroatoms. The van der Waals surface area contributed by atoms with E-state index in [-0.39, 0.29) is 12.4 Å². The third kappa shape index (κ3) is 3.12. The number of fused-ring (bicyclic) bond motifs is 1. The fourth-order valence-corrected chi connectivity index (χ4v) is 3.03. The highest BCUT2D eigenvalue weighted by Gasteiger charge is 2.19. The molecule has 0 saturated heterocycles. The van der Waals surface area contributed by atoms with Crippen LogP contribution in [0.15, 0.2) is 48.5 Å². The van der Waals surface area contributed by atoms with Crippen LogP contribution in [0.25, 0.3) is 16.6 Å². The van der Waals surface area contributed by atoms with Crippen LogP contribution < -0.4 is 16.0 Å². The molecule has 1 amide bonds. The molecule has 1 aromatic heterocycles. The highest BCUT2D eigenvalue weighted by atomic mass is 16.5. The Bertz CT molecular complexity index is 945. The second-order valence-corrected chi connectivity index (χ2v) is 5.72. The topological polar surface area (TPSA) is 86.3 Å². The molecule has 0 bridgehead atoms. The summed E-state index contributed by atoms with van der Waals surface area (Å²) in [6.45, 7) is 3.29. The molecule has 0 fully saturated rings. The predicted molar refractivity (Wildman–Crippen MR) is 95.8 cm³/mol. The lowest BCUT2D eigenvalue weighted by Crippen LogP contribution is -2.34. The van der Waals surface area contributed by atoms with E-state index in [4.69, 9.17) is 10.6 Å². The summed E-state index contributed by atoms with van der Waals surface area (Å²) in [6.07, 6.45) is 0. The van der Waals surface area contributed by atoms with Crippen LogP contribution >= 0.6 is 0 Å². The summed E-state index contributed by atoms with van der Waals surface area (Å²) in [7, 11) is 0. The summed E-state index contributed by atoms with van der Waals surface area (Å²) >= 11 is 0. The van der Waals surface area contributed by atoms with E-state index in [1.54, 1.807) is 19.1 Å². The van der Waals surface area contributed by atoms with E-state index in [1.165, 1.54) is 0 Å². The van der Waals surface area contributed by atoms with Crippen LogP contribution in [0.4, 0.5) is 0 Å². The largest absolute Gasteiger partial charge is 0.484 e. The Morgan fingerprint density at radius 3 is 2.52 bits per heavy atom. The molecular formula is C19H19N3O3. The van der Waals surface area contributed by atoms with E-state index in [0.717, 1.165) is 22.3 Å². The number of nitrogens with zero attached hydrogens (tertiary/aromatic N) is 1. The minimum atomic E-state index is -0.426. The molecule has 3 N–H and O–H groups in total. The van der Waals surface area contributed by atoms with E-state index in [9.17, 15) is 9.59 Å². The molecule has 0 aliphatic heterocycles. The number of benzene rings is 2. The lowest BCUT2D eigenvalue weighted by atomic mass is 10.1. The van der Waals surface area contributed by atoms with Crippen molar-refractivity contribution in [2.75, 3.05) is 6.61 Å². The quantitative estimate of drug-likeness (QED) is 0.324. The minimum Gasteiger partial charge on any atom is -0.484 e. The third-order valence-electron chi connectivity index (χ3n) is 4.07. The van der Waals surface area contributed by atoms with Gasteiger partial charge in [0.05, 0.1) is 5.52 Å². The molecule has 0 atom stereocenters. The number of Topliss-reactive ketones (excluding diaryl/α,β-unsaturated/α-hetero) is 1. The second kappa shape index (κ2) is 6.78. The minimum absolute atomic E-state index is 0.0194. The van der Waals surface area contributed by atoms with Gasteiger partial charge in [0, 0.05) is 22.3 Å². The first-order chi connectivity index (χ1) is 12.0. The summed E-state index contributed by atoms with van der Waals surface area (Å²) in [5.41, 5.74) is 5.41. The van der Waals surface area contributed by atoms with Crippen molar-refractivity contribution in [3.63, 3.8) is 0 Å². The average molecular weight is 337 g/mol. The van der Waals surface area contributed by atoms with Gasteiger partial charge in [-0.25, -0.2) is 5.84 Å². The lowest BCUT2D eigenvalue weighted by Gasteiger charge is -2.09. The molecule has 0 radical (unpaired) electrons. The van der Waals surface area contributed by atoms with Crippen molar-refractivity contribution in [2.24, 2.45) is 5.84 Å². The standard InChI is InChI=1S/C19H19N3O3/c1-12-19(13(2)23)16-10-15(25-11-18(24)21-20)8-9-17(16)22(12)14-6-4-3-5-7-14/h3-10H,11,20H2,1-2H3,(H,21,24). The number of nitrogens with two attached hydrogens (primary N) is 1. The number of rotatable bonds is 5. The summed E-state index contributed by atoms with van der Waals surface area (Å²) in [6, 6.07) is 15.3. The van der Waals surface area contributed by atoms with Gasteiger partial charge in [0.2, 0.25) is 0 Å². The van der Waals surface area contributed by atoms with Crippen LogP contribution in [-0.4, -0.2) is 22.9 Å². The van der Waals surface area contributed by atoms with Crippen molar-refractivity contribution in [3.8, 4) is 11.4 Å². The Labute approximate surface area is 145 Å². The van der Waals surface area contributed by atoms with E-state index in [0.29, 0.717) is 11.3 Å². The Morgan fingerprint density at radius 1 is 1.16 bits per heavy atom. The molecule has 0 unspecified atom stereocenters.